The second-order valence-corrected chi connectivity index (χ2v) is 7.20. The van der Waals surface area contributed by atoms with Crippen LogP contribution < -0.4 is 5.73 Å². The zero-order valence-corrected chi connectivity index (χ0v) is 11.5. The first-order valence-corrected chi connectivity index (χ1v) is 7.56. The second kappa shape index (κ2) is 5.18. The minimum Gasteiger partial charge on any atom is -0.330 e. The smallest absolute Gasteiger partial charge is 0.178 e. The van der Waals surface area contributed by atoms with Gasteiger partial charge in [0.25, 0.3) is 0 Å². The summed E-state index contributed by atoms with van der Waals surface area (Å²) in [6.07, 6.45) is 6.09. The van der Waals surface area contributed by atoms with Gasteiger partial charge in [-0.2, -0.15) is 5.10 Å². The maximum atomic E-state index is 11.3. The summed E-state index contributed by atoms with van der Waals surface area (Å²) >= 11 is 0. The minimum atomic E-state index is -3.14. The van der Waals surface area contributed by atoms with E-state index >= 15 is 0 Å². The number of hydrogen-bond acceptors (Lipinski definition) is 4. The number of aromatic nitrogens is 2. The summed E-state index contributed by atoms with van der Waals surface area (Å²) in [6.45, 7) is 5.62. The third-order valence-electron chi connectivity index (χ3n) is 2.83. The van der Waals surface area contributed by atoms with Crippen LogP contribution in [0.25, 0.3) is 0 Å². The van der Waals surface area contributed by atoms with Gasteiger partial charge >= 0.3 is 0 Å². The number of nitrogens with two attached hydrogens (primary N) is 1. The molecule has 0 spiro atoms. The Hall–Kier alpha value is -0.880. The van der Waals surface area contributed by atoms with Crippen molar-refractivity contribution in [3.05, 3.63) is 12.4 Å². The molecule has 1 aromatic heterocycles. The zero-order chi connectivity index (χ0) is 13.1. The lowest BCUT2D eigenvalue weighted by Gasteiger charge is -2.21. The molecule has 6 heteroatoms. The lowest BCUT2D eigenvalue weighted by atomic mass is 9.88. The Balaban J connectivity index is 2.52. The third-order valence-corrected chi connectivity index (χ3v) is 3.90. The van der Waals surface area contributed by atoms with Crippen LogP contribution in [0.1, 0.15) is 26.7 Å². The second-order valence-electron chi connectivity index (χ2n) is 5.18. The number of aryl methyl sites for hydroxylation is 1. The fourth-order valence-corrected chi connectivity index (χ4v) is 2.03. The van der Waals surface area contributed by atoms with Crippen LogP contribution in [0, 0.1) is 5.41 Å². The third kappa shape index (κ3) is 4.47. The molecule has 17 heavy (non-hydrogen) atoms. The molecule has 1 aromatic rings. The van der Waals surface area contributed by atoms with Gasteiger partial charge in [-0.1, -0.05) is 13.8 Å². The lowest BCUT2D eigenvalue weighted by molar-refractivity contribution is 0.324. The zero-order valence-electron chi connectivity index (χ0n) is 10.7. The molecule has 0 atom stereocenters. The van der Waals surface area contributed by atoms with E-state index in [1.54, 1.807) is 10.9 Å². The maximum absolute atomic E-state index is 11.3. The van der Waals surface area contributed by atoms with Crippen molar-refractivity contribution in [1.29, 1.82) is 0 Å². The Morgan fingerprint density at radius 1 is 1.47 bits per heavy atom. The summed E-state index contributed by atoms with van der Waals surface area (Å²) in [7, 11) is -3.14. The van der Waals surface area contributed by atoms with Crippen LogP contribution in [0.15, 0.2) is 17.3 Å². The SMILES string of the molecule is CC(C)(CN)CCCn1cc(S(C)(=O)=O)cn1. The Morgan fingerprint density at radius 2 is 2.12 bits per heavy atom. The predicted molar refractivity (Wildman–Crippen MR) is 67.4 cm³/mol. The highest BCUT2D eigenvalue weighted by molar-refractivity contribution is 7.90. The summed E-state index contributed by atoms with van der Waals surface area (Å²) in [4.78, 5) is 0.274. The normalized spacial score (nSPS) is 12.9. The number of hydrogen-bond donors (Lipinski definition) is 1. The van der Waals surface area contributed by atoms with Gasteiger partial charge in [0.15, 0.2) is 9.84 Å². The summed E-state index contributed by atoms with van der Waals surface area (Å²) in [5, 5.41) is 4.03. The summed E-state index contributed by atoms with van der Waals surface area (Å²) in [6, 6.07) is 0. The van der Waals surface area contributed by atoms with Gasteiger partial charge in [0, 0.05) is 19.0 Å². The van der Waals surface area contributed by atoms with Gasteiger partial charge in [-0.25, -0.2) is 8.42 Å². The van der Waals surface area contributed by atoms with Gasteiger partial charge < -0.3 is 5.73 Å². The van der Waals surface area contributed by atoms with Crippen molar-refractivity contribution in [2.24, 2.45) is 11.1 Å². The van der Waals surface area contributed by atoms with Crippen molar-refractivity contribution in [3.8, 4) is 0 Å². The Morgan fingerprint density at radius 3 is 2.59 bits per heavy atom. The van der Waals surface area contributed by atoms with Crippen molar-refractivity contribution in [2.75, 3.05) is 12.8 Å². The van der Waals surface area contributed by atoms with Crippen LogP contribution in [-0.4, -0.2) is 31.0 Å². The summed E-state index contributed by atoms with van der Waals surface area (Å²) in [5.74, 6) is 0. The highest BCUT2D eigenvalue weighted by atomic mass is 32.2. The molecule has 0 saturated carbocycles. The molecule has 0 aliphatic heterocycles. The average molecular weight is 259 g/mol. The highest BCUT2D eigenvalue weighted by Gasteiger charge is 2.15. The molecule has 0 aliphatic rings. The molecule has 0 saturated heterocycles. The molecule has 0 fully saturated rings. The molecule has 0 aromatic carbocycles. The predicted octanol–water partition coefficient (Wildman–Crippen LogP) is 1.05. The topological polar surface area (TPSA) is 78.0 Å². The first kappa shape index (κ1) is 14.2. The molecule has 0 unspecified atom stereocenters. The van der Waals surface area contributed by atoms with Crippen LogP contribution in [0.4, 0.5) is 0 Å². The molecule has 1 rings (SSSR count). The van der Waals surface area contributed by atoms with Crippen molar-refractivity contribution < 1.29 is 8.42 Å². The van der Waals surface area contributed by atoms with E-state index in [9.17, 15) is 8.42 Å². The van der Waals surface area contributed by atoms with Crippen LogP contribution in [0.5, 0.6) is 0 Å². The fourth-order valence-electron chi connectivity index (χ4n) is 1.48. The number of nitrogens with zero attached hydrogens (tertiary/aromatic N) is 2. The molecule has 5 nitrogen and oxygen atoms in total. The maximum Gasteiger partial charge on any atom is 0.178 e. The molecule has 1 heterocycles. The largest absolute Gasteiger partial charge is 0.330 e. The fraction of sp³-hybridized carbons (Fsp3) is 0.727. The van der Waals surface area contributed by atoms with Gasteiger partial charge in [-0.05, 0) is 24.8 Å². The molecule has 0 bridgehead atoms. The van der Waals surface area contributed by atoms with Crippen LogP contribution in [-0.2, 0) is 16.4 Å². The highest BCUT2D eigenvalue weighted by Crippen LogP contribution is 2.20. The van der Waals surface area contributed by atoms with Crippen molar-refractivity contribution in [1.82, 2.24) is 9.78 Å². The van der Waals surface area contributed by atoms with Gasteiger partial charge in [0.2, 0.25) is 0 Å². The average Bonchev–Trinajstić information content (AvgIpc) is 2.66. The van der Waals surface area contributed by atoms with E-state index in [0.717, 1.165) is 19.4 Å². The van der Waals surface area contributed by atoms with Gasteiger partial charge in [-0.3, -0.25) is 4.68 Å². The first-order valence-electron chi connectivity index (χ1n) is 5.67. The van der Waals surface area contributed by atoms with Crippen LogP contribution in [0.2, 0.25) is 0 Å². The monoisotopic (exact) mass is 259 g/mol. The molecule has 0 amide bonds. The van der Waals surface area contributed by atoms with Crippen molar-refractivity contribution >= 4 is 9.84 Å². The van der Waals surface area contributed by atoms with E-state index in [1.807, 2.05) is 0 Å². The molecular formula is C11H21N3O2S. The molecule has 0 aliphatic carbocycles. The van der Waals surface area contributed by atoms with Crippen LogP contribution >= 0.6 is 0 Å². The standard InChI is InChI=1S/C11H21N3O2S/c1-11(2,9-12)5-4-6-14-8-10(7-13-14)17(3,15)16/h7-8H,4-6,9,12H2,1-3H3. The van der Waals surface area contributed by atoms with Gasteiger partial charge in [0.1, 0.15) is 4.90 Å². The molecule has 98 valence electrons. The van der Waals surface area contributed by atoms with Gasteiger partial charge in [-0.15, -0.1) is 0 Å². The Bertz CT molecular complexity index is 463. The van der Waals surface area contributed by atoms with E-state index < -0.39 is 9.84 Å². The molecule has 0 radical (unpaired) electrons. The molecule has 2 N–H and O–H groups in total. The van der Waals surface area contributed by atoms with Crippen molar-refractivity contribution in [3.63, 3.8) is 0 Å². The Kier molecular flexibility index (Phi) is 4.32. The summed E-state index contributed by atoms with van der Waals surface area (Å²) in [5.41, 5.74) is 5.78. The van der Waals surface area contributed by atoms with E-state index in [1.165, 1.54) is 12.5 Å². The van der Waals surface area contributed by atoms with Gasteiger partial charge in [0.05, 0.1) is 6.20 Å². The van der Waals surface area contributed by atoms with E-state index in [2.05, 4.69) is 18.9 Å². The number of rotatable bonds is 6. The first-order chi connectivity index (χ1) is 7.74. The summed E-state index contributed by atoms with van der Waals surface area (Å²) < 4.78 is 24.2. The van der Waals surface area contributed by atoms with Crippen molar-refractivity contribution in [2.45, 2.75) is 38.1 Å². The van der Waals surface area contributed by atoms with E-state index in [-0.39, 0.29) is 10.3 Å². The van der Waals surface area contributed by atoms with E-state index in [4.69, 9.17) is 5.73 Å². The molecular weight excluding hydrogens is 238 g/mol. The quantitative estimate of drug-likeness (QED) is 0.828. The number of sulfone groups is 1. The lowest BCUT2D eigenvalue weighted by Crippen LogP contribution is -2.23. The van der Waals surface area contributed by atoms with Crippen LogP contribution in [0.3, 0.4) is 0 Å². The minimum absolute atomic E-state index is 0.132. The van der Waals surface area contributed by atoms with E-state index in [0.29, 0.717) is 6.54 Å². The Labute approximate surface area is 103 Å².